The molecule has 0 aromatic heterocycles. The van der Waals surface area contributed by atoms with Crippen LogP contribution in [0.3, 0.4) is 0 Å². The van der Waals surface area contributed by atoms with Crippen LogP contribution in [0.15, 0.2) is 0 Å². The molecule has 2 saturated heterocycles. The Bertz CT molecular complexity index is 313. The Morgan fingerprint density at radius 2 is 1.05 bits per heavy atom. The molecule has 0 N–H and O–H groups in total. The molecular weight excluding hydrogens is 264 g/mol. The first-order chi connectivity index (χ1) is 10.3. The maximum atomic E-state index is 7.05. The Morgan fingerprint density at radius 1 is 0.667 bits per heavy atom. The number of hydrogen-bond acceptors (Lipinski definition) is 3. The summed E-state index contributed by atoms with van der Waals surface area (Å²) in [6.45, 7) is 1.92. The van der Waals surface area contributed by atoms with Crippen LogP contribution in [0, 0.1) is 0 Å². The van der Waals surface area contributed by atoms with Gasteiger partial charge in [0.15, 0.2) is 0 Å². The van der Waals surface area contributed by atoms with E-state index >= 15 is 0 Å². The van der Waals surface area contributed by atoms with E-state index in [1.54, 1.807) is 0 Å². The smallest absolute Gasteiger partial charge is 0.0837 e. The number of ether oxygens (including phenoxy) is 3. The number of hydrogen-bond donors (Lipinski definition) is 0. The molecule has 4 fully saturated rings. The van der Waals surface area contributed by atoms with Crippen molar-refractivity contribution in [1.82, 2.24) is 0 Å². The molecule has 21 heavy (non-hydrogen) atoms. The Kier molecular flexibility index (Phi) is 4.01. The van der Waals surface area contributed by atoms with Gasteiger partial charge in [-0.05, 0) is 25.7 Å². The van der Waals surface area contributed by atoms with Crippen LogP contribution in [0.2, 0.25) is 0 Å². The van der Waals surface area contributed by atoms with E-state index in [4.69, 9.17) is 14.2 Å². The lowest BCUT2D eigenvalue weighted by molar-refractivity contribution is -0.193. The lowest BCUT2D eigenvalue weighted by Crippen LogP contribution is -2.48. The van der Waals surface area contributed by atoms with Gasteiger partial charge in [0, 0.05) is 12.8 Å². The average molecular weight is 294 g/mol. The summed E-state index contributed by atoms with van der Waals surface area (Å²) in [5.41, 5.74) is 0.233. The third kappa shape index (κ3) is 3.62. The molecular formula is C18H30O3. The maximum Gasteiger partial charge on any atom is 0.0837 e. The van der Waals surface area contributed by atoms with Gasteiger partial charge in [0.2, 0.25) is 0 Å². The van der Waals surface area contributed by atoms with Gasteiger partial charge in [-0.3, -0.25) is 0 Å². The zero-order valence-electron chi connectivity index (χ0n) is 13.3. The fourth-order valence-corrected chi connectivity index (χ4v) is 4.75. The quantitative estimate of drug-likeness (QED) is 0.695. The van der Waals surface area contributed by atoms with Gasteiger partial charge in [-0.2, -0.15) is 0 Å². The molecule has 2 aliphatic carbocycles. The highest BCUT2D eigenvalue weighted by Crippen LogP contribution is 2.47. The monoisotopic (exact) mass is 294 g/mol. The standard InChI is InChI=1S/C18H30O3/c1-3-7-17(8-4-1,11-15-13-19-15)21-18(12-16-14-20-16)9-5-2-6-10-18/h15-16H,1-14H2. The first-order valence-electron chi connectivity index (χ1n) is 9.21. The molecule has 2 saturated carbocycles. The summed E-state index contributed by atoms with van der Waals surface area (Å²) in [4.78, 5) is 0. The second-order valence-electron chi connectivity index (χ2n) is 7.91. The van der Waals surface area contributed by atoms with Crippen molar-refractivity contribution in [2.45, 2.75) is 100 Å². The maximum absolute atomic E-state index is 7.05. The van der Waals surface area contributed by atoms with Crippen molar-refractivity contribution < 1.29 is 14.2 Å². The minimum Gasteiger partial charge on any atom is -0.373 e. The molecule has 0 bridgehead atoms. The first kappa shape index (κ1) is 14.5. The number of rotatable bonds is 6. The van der Waals surface area contributed by atoms with Gasteiger partial charge in [-0.25, -0.2) is 0 Å². The van der Waals surface area contributed by atoms with Crippen molar-refractivity contribution in [3.05, 3.63) is 0 Å². The van der Waals surface area contributed by atoms with Crippen molar-refractivity contribution in [3.8, 4) is 0 Å². The second kappa shape index (κ2) is 5.82. The molecule has 0 aromatic rings. The SMILES string of the molecule is C1CCC(CC2CO2)(OC2(CC3CO3)CCCCC2)CC1. The van der Waals surface area contributed by atoms with Crippen molar-refractivity contribution in [2.75, 3.05) is 13.2 Å². The second-order valence-corrected chi connectivity index (χ2v) is 7.91. The van der Waals surface area contributed by atoms with Crippen LogP contribution in [0.1, 0.15) is 77.0 Å². The summed E-state index contributed by atoms with van der Waals surface area (Å²) in [7, 11) is 0. The molecule has 2 aliphatic heterocycles. The van der Waals surface area contributed by atoms with Crippen LogP contribution in [0.5, 0.6) is 0 Å². The normalized spacial score (nSPS) is 37.1. The van der Waals surface area contributed by atoms with E-state index in [2.05, 4.69) is 0 Å². The summed E-state index contributed by atoms with van der Waals surface area (Å²) < 4.78 is 18.1. The third-order valence-corrected chi connectivity index (χ3v) is 5.97. The van der Waals surface area contributed by atoms with Crippen molar-refractivity contribution in [3.63, 3.8) is 0 Å². The lowest BCUT2D eigenvalue weighted by Gasteiger charge is -2.48. The zero-order chi connectivity index (χ0) is 14.2. The molecule has 0 amide bonds. The third-order valence-electron chi connectivity index (χ3n) is 5.97. The molecule has 4 aliphatic rings. The van der Waals surface area contributed by atoms with E-state index in [-0.39, 0.29) is 11.2 Å². The van der Waals surface area contributed by atoms with E-state index in [1.807, 2.05) is 0 Å². The van der Waals surface area contributed by atoms with E-state index in [0.717, 1.165) is 26.1 Å². The van der Waals surface area contributed by atoms with Crippen molar-refractivity contribution in [2.24, 2.45) is 0 Å². The lowest BCUT2D eigenvalue weighted by atomic mass is 9.77. The van der Waals surface area contributed by atoms with Crippen LogP contribution >= 0.6 is 0 Å². The molecule has 2 unspecified atom stereocenters. The molecule has 3 heteroatoms. The van der Waals surface area contributed by atoms with Gasteiger partial charge in [0.25, 0.3) is 0 Å². The van der Waals surface area contributed by atoms with Crippen LogP contribution in [-0.2, 0) is 14.2 Å². The van der Waals surface area contributed by atoms with E-state index < -0.39 is 0 Å². The summed E-state index contributed by atoms with van der Waals surface area (Å²) in [6.07, 6.45) is 16.4. The Hall–Kier alpha value is -0.120. The predicted octanol–water partition coefficient (Wildman–Crippen LogP) is 3.99. The highest BCUT2D eigenvalue weighted by atomic mass is 16.6. The van der Waals surface area contributed by atoms with E-state index in [0.29, 0.717) is 12.2 Å². The Labute approximate surface area is 128 Å². The minimum absolute atomic E-state index is 0.117. The van der Waals surface area contributed by atoms with Gasteiger partial charge < -0.3 is 14.2 Å². The van der Waals surface area contributed by atoms with Gasteiger partial charge in [0.1, 0.15) is 0 Å². The van der Waals surface area contributed by atoms with Crippen LogP contribution < -0.4 is 0 Å². The van der Waals surface area contributed by atoms with Crippen LogP contribution in [0.4, 0.5) is 0 Å². The summed E-state index contributed by atoms with van der Waals surface area (Å²) in [5, 5.41) is 0. The first-order valence-corrected chi connectivity index (χ1v) is 9.21. The molecule has 3 nitrogen and oxygen atoms in total. The fourth-order valence-electron chi connectivity index (χ4n) is 4.75. The van der Waals surface area contributed by atoms with E-state index in [9.17, 15) is 0 Å². The topological polar surface area (TPSA) is 34.3 Å². The van der Waals surface area contributed by atoms with Gasteiger partial charge in [-0.1, -0.05) is 38.5 Å². The molecule has 0 aromatic carbocycles. The summed E-state index contributed by atoms with van der Waals surface area (Å²) in [6, 6.07) is 0. The summed E-state index contributed by atoms with van der Waals surface area (Å²) >= 11 is 0. The predicted molar refractivity (Wildman–Crippen MR) is 81.4 cm³/mol. The molecule has 120 valence electrons. The van der Waals surface area contributed by atoms with Gasteiger partial charge in [0.05, 0.1) is 36.6 Å². The van der Waals surface area contributed by atoms with Crippen molar-refractivity contribution in [1.29, 1.82) is 0 Å². The fraction of sp³-hybridized carbons (Fsp3) is 1.00. The van der Waals surface area contributed by atoms with Crippen molar-refractivity contribution >= 4 is 0 Å². The van der Waals surface area contributed by atoms with Crippen LogP contribution in [0.25, 0.3) is 0 Å². The number of epoxide rings is 2. The van der Waals surface area contributed by atoms with Gasteiger partial charge >= 0.3 is 0 Å². The minimum atomic E-state index is 0.117. The molecule has 2 heterocycles. The summed E-state index contributed by atoms with van der Waals surface area (Å²) in [5.74, 6) is 0. The molecule has 2 atom stereocenters. The Morgan fingerprint density at radius 3 is 1.38 bits per heavy atom. The van der Waals surface area contributed by atoms with Crippen LogP contribution in [-0.4, -0.2) is 36.6 Å². The molecule has 0 spiro atoms. The largest absolute Gasteiger partial charge is 0.373 e. The van der Waals surface area contributed by atoms with E-state index in [1.165, 1.54) is 64.2 Å². The van der Waals surface area contributed by atoms with Gasteiger partial charge in [-0.15, -0.1) is 0 Å². The highest BCUT2D eigenvalue weighted by Gasteiger charge is 2.48. The average Bonchev–Trinajstić information content (AvgIpc) is 3.38. The molecule has 0 radical (unpaired) electrons. The molecule has 4 rings (SSSR count). The highest BCUT2D eigenvalue weighted by molar-refractivity contribution is 4.97. The zero-order valence-corrected chi connectivity index (χ0v) is 13.3. The Balaban J connectivity index is 1.49.